The van der Waals surface area contributed by atoms with Gasteiger partial charge < -0.3 is 20.8 Å². The molecule has 1 aliphatic rings. The number of carboxylic acid groups (broad SMARTS) is 1. The van der Waals surface area contributed by atoms with Crippen LogP contribution in [0.1, 0.15) is 48.0 Å². The molecule has 1 saturated carbocycles. The van der Waals surface area contributed by atoms with Gasteiger partial charge in [-0.1, -0.05) is 27.1 Å². The third-order valence-corrected chi connectivity index (χ3v) is 6.01. The number of nitrogens with zero attached hydrogens (tertiary/aromatic N) is 3. The molecule has 0 bridgehead atoms. The summed E-state index contributed by atoms with van der Waals surface area (Å²) in [6.07, 6.45) is 2.42. The molecule has 1 fully saturated rings. The van der Waals surface area contributed by atoms with Crippen molar-refractivity contribution in [1.29, 1.82) is 0 Å². The van der Waals surface area contributed by atoms with E-state index in [1.54, 1.807) is 18.2 Å². The normalized spacial score (nSPS) is 19.0. The highest BCUT2D eigenvalue weighted by molar-refractivity contribution is 9.08. The zero-order valence-electron chi connectivity index (χ0n) is 17.0. The number of hydrogen-bond acceptors (Lipinski definition) is 5. The van der Waals surface area contributed by atoms with E-state index in [1.807, 2.05) is 0 Å². The number of nitrogens with one attached hydrogen (secondary N) is 2. The molecular weight excluding hydrogens is 470 g/mol. The number of carboxylic acids is 1. The van der Waals surface area contributed by atoms with Crippen molar-refractivity contribution in [1.82, 2.24) is 10.6 Å². The lowest BCUT2D eigenvalue weighted by Gasteiger charge is -2.29. The molecule has 168 valence electrons. The van der Waals surface area contributed by atoms with Crippen molar-refractivity contribution in [3.05, 3.63) is 39.8 Å². The van der Waals surface area contributed by atoms with Crippen molar-refractivity contribution < 1.29 is 24.6 Å². The Labute approximate surface area is 188 Å². The highest BCUT2D eigenvalue weighted by Crippen LogP contribution is 2.29. The minimum atomic E-state index is -1.08. The molecule has 2 rings (SSSR count). The highest BCUT2D eigenvalue weighted by Gasteiger charge is 2.28. The maximum Gasteiger partial charge on any atom is 0.305 e. The van der Waals surface area contributed by atoms with Crippen LogP contribution in [-0.2, 0) is 14.9 Å². The number of aromatic hydroxyl groups is 1. The zero-order chi connectivity index (χ0) is 22.8. The molecule has 10 nitrogen and oxygen atoms in total. The fraction of sp³-hybridized carbons (Fsp3) is 0.550. The van der Waals surface area contributed by atoms with Crippen molar-refractivity contribution in [2.75, 3.05) is 13.1 Å². The number of hydrogen-bond donors (Lipinski definition) is 4. The van der Waals surface area contributed by atoms with Crippen LogP contribution >= 0.6 is 15.9 Å². The second-order valence-corrected chi connectivity index (χ2v) is 8.19. The largest absolute Gasteiger partial charge is 0.507 e. The minimum absolute atomic E-state index is 0.0634. The molecule has 0 aromatic heterocycles. The van der Waals surface area contributed by atoms with E-state index >= 15 is 0 Å². The number of aliphatic carboxylic acids is 1. The summed E-state index contributed by atoms with van der Waals surface area (Å²) >= 11 is 3.30. The van der Waals surface area contributed by atoms with Crippen molar-refractivity contribution in [2.45, 2.75) is 43.5 Å². The number of alkyl halides is 1. The second kappa shape index (κ2) is 12.2. The fourth-order valence-electron chi connectivity index (χ4n) is 3.64. The van der Waals surface area contributed by atoms with Gasteiger partial charge in [0.25, 0.3) is 5.91 Å². The van der Waals surface area contributed by atoms with Gasteiger partial charge in [0.05, 0.1) is 12.0 Å². The van der Waals surface area contributed by atoms with Gasteiger partial charge in [0.1, 0.15) is 5.75 Å². The van der Waals surface area contributed by atoms with Crippen molar-refractivity contribution in [3.8, 4) is 5.75 Å². The Morgan fingerprint density at radius 2 is 1.97 bits per heavy atom. The predicted molar refractivity (Wildman–Crippen MR) is 117 cm³/mol. The number of carbonyl (C=O) groups is 3. The van der Waals surface area contributed by atoms with Crippen LogP contribution in [0.25, 0.3) is 10.4 Å². The Kier molecular flexibility index (Phi) is 9.61. The fourth-order valence-corrected chi connectivity index (χ4v) is 3.99. The monoisotopic (exact) mass is 495 g/mol. The third kappa shape index (κ3) is 7.76. The van der Waals surface area contributed by atoms with Crippen LogP contribution in [0.15, 0.2) is 23.3 Å². The smallest absolute Gasteiger partial charge is 0.305 e. The van der Waals surface area contributed by atoms with Gasteiger partial charge in [-0.25, -0.2) is 0 Å². The lowest BCUT2D eigenvalue weighted by molar-refractivity contribution is -0.137. The Morgan fingerprint density at radius 1 is 1.26 bits per heavy atom. The summed E-state index contributed by atoms with van der Waals surface area (Å²) < 4.78 is 0. The van der Waals surface area contributed by atoms with Crippen LogP contribution in [0, 0.1) is 11.8 Å². The number of azide groups is 1. The second-order valence-electron chi connectivity index (χ2n) is 7.63. The van der Waals surface area contributed by atoms with Crippen molar-refractivity contribution >= 4 is 33.7 Å². The Hall–Kier alpha value is -2.78. The maximum atomic E-state index is 12.5. The summed E-state index contributed by atoms with van der Waals surface area (Å²) in [7, 11) is 0. The molecule has 0 heterocycles. The molecule has 1 aliphatic carbocycles. The molecule has 0 saturated heterocycles. The first-order valence-corrected chi connectivity index (χ1v) is 11.1. The van der Waals surface area contributed by atoms with E-state index in [0.29, 0.717) is 24.7 Å². The van der Waals surface area contributed by atoms with Crippen LogP contribution < -0.4 is 10.6 Å². The summed E-state index contributed by atoms with van der Waals surface area (Å²) in [6, 6.07) is 4.17. The molecule has 31 heavy (non-hydrogen) atoms. The van der Waals surface area contributed by atoms with Crippen LogP contribution in [0.2, 0.25) is 0 Å². The standard InChI is InChI=1S/C20H26BrN5O5/c21-9-13-3-6-16(17(27)7-13)20(31)23-10-12-1-4-14(5-2-12)19(30)25-15(8-18(28)29)11-24-26-22/h3,6-7,12,14-15,27H,1-2,4-5,8-11H2,(H,23,31)(H,25,30)(H,28,29)/t12?,14?,15-/m0/s1. The van der Waals surface area contributed by atoms with Gasteiger partial charge >= 0.3 is 5.97 Å². The molecule has 11 heteroatoms. The van der Waals surface area contributed by atoms with Crippen LogP contribution in [-0.4, -0.2) is 47.1 Å². The third-order valence-electron chi connectivity index (χ3n) is 5.36. The van der Waals surface area contributed by atoms with Crippen molar-refractivity contribution in [2.24, 2.45) is 17.0 Å². The molecule has 2 amide bonds. The molecule has 1 aromatic rings. The number of phenolic OH excluding ortho intramolecular Hbond substituents is 1. The first kappa shape index (κ1) is 24.5. The SMILES string of the molecule is [N-]=[N+]=NC[C@H](CC(=O)O)NC(=O)C1CCC(CNC(=O)c2ccc(CBr)cc2O)CC1. The summed E-state index contributed by atoms with van der Waals surface area (Å²) in [4.78, 5) is 38.3. The Morgan fingerprint density at radius 3 is 2.55 bits per heavy atom. The van der Waals surface area contributed by atoms with Gasteiger partial charge in [0.2, 0.25) is 5.91 Å². The van der Waals surface area contributed by atoms with E-state index in [0.717, 1.165) is 18.4 Å². The van der Waals surface area contributed by atoms with Gasteiger partial charge in [-0.3, -0.25) is 14.4 Å². The van der Waals surface area contributed by atoms with Crippen LogP contribution in [0.4, 0.5) is 0 Å². The molecule has 4 N–H and O–H groups in total. The number of benzene rings is 1. The summed E-state index contributed by atoms with van der Waals surface area (Å²) in [5.74, 6) is -1.74. The number of carbonyl (C=O) groups excluding carboxylic acids is 2. The zero-order valence-corrected chi connectivity index (χ0v) is 18.5. The average Bonchev–Trinajstić information content (AvgIpc) is 2.75. The van der Waals surface area contributed by atoms with E-state index in [1.165, 1.54) is 0 Å². The van der Waals surface area contributed by atoms with Gasteiger partial charge in [0.15, 0.2) is 0 Å². The number of phenols is 1. The first-order valence-electron chi connectivity index (χ1n) is 10.0. The number of halogens is 1. The number of rotatable bonds is 10. The highest BCUT2D eigenvalue weighted by atomic mass is 79.9. The molecular formula is C20H26BrN5O5. The maximum absolute atomic E-state index is 12.5. The molecule has 0 radical (unpaired) electrons. The van der Waals surface area contributed by atoms with Crippen LogP contribution in [0.5, 0.6) is 5.75 Å². The van der Waals surface area contributed by atoms with E-state index in [4.69, 9.17) is 10.6 Å². The quantitative estimate of drug-likeness (QED) is 0.169. The van der Waals surface area contributed by atoms with Crippen molar-refractivity contribution in [3.63, 3.8) is 0 Å². The number of amides is 2. The Balaban J connectivity index is 1.80. The summed E-state index contributed by atoms with van der Waals surface area (Å²) in [5.41, 5.74) is 9.51. The van der Waals surface area contributed by atoms with E-state index in [2.05, 4.69) is 36.6 Å². The summed E-state index contributed by atoms with van der Waals surface area (Å²) in [6.45, 7) is 0.338. The Bertz CT molecular complexity index is 846. The minimum Gasteiger partial charge on any atom is -0.507 e. The van der Waals surface area contributed by atoms with E-state index in [9.17, 15) is 19.5 Å². The van der Waals surface area contributed by atoms with Crippen LogP contribution in [0.3, 0.4) is 0 Å². The van der Waals surface area contributed by atoms with Gasteiger partial charge in [0, 0.05) is 35.3 Å². The molecule has 1 aromatic carbocycles. The van der Waals surface area contributed by atoms with E-state index in [-0.39, 0.29) is 47.9 Å². The lowest BCUT2D eigenvalue weighted by atomic mass is 9.81. The molecule has 0 aliphatic heterocycles. The van der Waals surface area contributed by atoms with Gasteiger partial charge in [-0.15, -0.1) is 0 Å². The van der Waals surface area contributed by atoms with Gasteiger partial charge in [-0.2, -0.15) is 0 Å². The van der Waals surface area contributed by atoms with Gasteiger partial charge in [-0.05, 0) is 54.8 Å². The predicted octanol–water partition coefficient (Wildman–Crippen LogP) is 3.09. The average molecular weight is 496 g/mol. The topological polar surface area (TPSA) is 164 Å². The lowest BCUT2D eigenvalue weighted by Crippen LogP contribution is -2.43. The van der Waals surface area contributed by atoms with E-state index < -0.39 is 12.0 Å². The first-order chi connectivity index (χ1) is 14.8. The molecule has 0 unspecified atom stereocenters. The summed E-state index contributed by atoms with van der Waals surface area (Å²) in [5, 5.41) is 28.4. The molecule has 1 atom stereocenters. The molecule has 0 spiro atoms.